The molecule has 0 aliphatic heterocycles. The Kier molecular flexibility index (Phi) is 4.31. The lowest BCUT2D eigenvalue weighted by Gasteiger charge is -2.10. The standard InChI is InChI=1S/C14H20N2O2/c1-11-6-7-13(8-14(11)16(17)18)10-15-9-12-4-2-3-5-12/h6-8,12,15H,2-5,9-10H2,1H3. The fraction of sp³-hybridized carbons (Fsp3) is 0.571. The van der Waals surface area contributed by atoms with Crippen LogP contribution in [0.3, 0.4) is 0 Å². The smallest absolute Gasteiger partial charge is 0.272 e. The van der Waals surface area contributed by atoms with Crippen molar-refractivity contribution in [2.75, 3.05) is 6.54 Å². The minimum Gasteiger partial charge on any atom is -0.312 e. The minimum absolute atomic E-state index is 0.218. The first-order chi connectivity index (χ1) is 8.66. The normalized spacial score (nSPS) is 16.1. The van der Waals surface area contributed by atoms with Gasteiger partial charge in [0, 0.05) is 18.2 Å². The SMILES string of the molecule is Cc1ccc(CNCC2CCCC2)cc1[N+](=O)[O-]. The van der Waals surface area contributed by atoms with E-state index in [1.165, 1.54) is 25.7 Å². The quantitative estimate of drug-likeness (QED) is 0.643. The van der Waals surface area contributed by atoms with Crippen molar-refractivity contribution in [2.24, 2.45) is 5.92 Å². The van der Waals surface area contributed by atoms with Gasteiger partial charge in [-0.25, -0.2) is 0 Å². The van der Waals surface area contributed by atoms with Crippen molar-refractivity contribution in [1.29, 1.82) is 0 Å². The molecule has 18 heavy (non-hydrogen) atoms. The maximum atomic E-state index is 10.8. The van der Waals surface area contributed by atoms with Gasteiger partial charge in [-0.3, -0.25) is 10.1 Å². The van der Waals surface area contributed by atoms with Crippen molar-refractivity contribution < 1.29 is 4.92 Å². The fourth-order valence-corrected chi connectivity index (χ4v) is 2.60. The van der Waals surface area contributed by atoms with E-state index in [1.54, 1.807) is 13.0 Å². The van der Waals surface area contributed by atoms with Gasteiger partial charge < -0.3 is 5.32 Å². The van der Waals surface area contributed by atoms with Crippen molar-refractivity contribution in [3.63, 3.8) is 0 Å². The molecule has 0 spiro atoms. The van der Waals surface area contributed by atoms with Gasteiger partial charge in [0.15, 0.2) is 0 Å². The maximum absolute atomic E-state index is 10.8. The Morgan fingerprint density at radius 1 is 1.39 bits per heavy atom. The Morgan fingerprint density at radius 2 is 2.11 bits per heavy atom. The van der Waals surface area contributed by atoms with Crippen molar-refractivity contribution in [3.8, 4) is 0 Å². The number of hydrogen-bond acceptors (Lipinski definition) is 3. The van der Waals surface area contributed by atoms with E-state index in [9.17, 15) is 10.1 Å². The zero-order valence-electron chi connectivity index (χ0n) is 10.8. The van der Waals surface area contributed by atoms with E-state index in [0.29, 0.717) is 0 Å². The molecule has 98 valence electrons. The van der Waals surface area contributed by atoms with Crippen LogP contribution >= 0.6 is 0 Å². The van der Waals surface area contributed by atoms with E-state index >= 15 is 0 Å². The monoisotopic (exact) mass is 248 g/mol. The molecule has 1 aromatic rings. The highest BCUT2D eigenvalue weighted by atomic mass is 16.6. The van der Waals surface area contributed by atoms with Crippen LogP contribution in [-0.4, -0.2) is 11.5 Å². The first kappa shape index (κ1) is 13.0. The largest absolute Gasteiger partial charge is 0.312 e. The predicted molar refractivity (Wildman–Crippen MR) is 71.5 cm³/mol. The van der Waals surface area contributed by atoms with Crippen LogP contribution in [0, 0.1) is 23.0 Å². The zero-order chi connectivity index (χ0) is 13.0. The Bertz CT molecular complexity index is 426. The molecule has 1 N–H and O–H groups in total. The maximum Gasteiger partial charge on any atom is 0.272 e. The number of nitro groups is 1. The number of nitrogens with zero attached hydrogens (tertiary/aromatic N) is 1. The highest BCUT2D eigenvalue weighted by Gasteiger charge is 2.14. The van der Waals surface area contributed by atoms with Crippen LogP contribution in [0.15, 0.2) is 18.2 Å². The van der Waals surface area contributed by atoms with Crippen LogP contribution in [0.5, 0.6) is 0 Å². The molecule has 4 nitrogen and oxygen atoms in total. The molecular weight excluding hydrogens is 228 g/mol. The van der Waals surface area contributed by atoms with Crippen LogP contribution in [0.1, 0.15) is 36.8 Å². The number of nitrogens with one attached hydrogen (secondary N) is 1. The Balaban J connectivity index is 1.88. The third-order valence-electron chi connectivity index (χ3n) is 3.71. The average Bonchev–Trinajstić information content (AvgIpc) is 2.84. The molecule has 1 fully saturated rings. The Hall–Kier alpha value is -1.42. The molecule has 0 amide bonds. The topological polar surface area (TPSA) is 55.2 Å². The van der Waals surface area contributed by atoms with Gasteiger partial charge in [0.25, 0.3) is 5.69 Å². The summed E-state index contributed by atoms with van der Waals surface area (Å²) in [6.07, 6.45) is 5.34. The molecule has 1 aromatic carbocycles. The van der Waals surface area contributed by atoms with Gasteiger partial charge in [-0.15, -0.1) is 0 Å². The van der Waals surface area contributed by atoms with Gasteiger partial charge in [-0.1, -0.05) is 25.0 Å². The summed E-state index contributed by atoms with van der Waals surface area (Å²) in [5, 5.41) is 14.2. The lowest BCUT2D eigenvalue weighted by molar-refractivity contribution is -0.385. The van der Waals surface area contributed by atoms with Gasteiger partial charge in [0.2, 0.25) is 0 Å². The summed E-state index contributed by atoms with van der Waals surface area (Å²) in [6.45, 7) is 3.52. The molecule has 1 aliphatic carbocycles. The lowest BCUT2D eigenvalue weighted by Crippen LogP contribution is -2.20. The molecule has 0 unspecified atom stereocenters. The number of rotatable bonds is 5. The lowest BCUT2D eigenvalue weighted by atomic mass is 10.1. The summed E-state index contributed by atoms with van der Waals surface area (Å²) in [4.78, 5) is 10.5. The zero-order valence-corrected chi connectivity index (χ0v) is 10.8. The van der Waals surface area contributed by atoms with Crippen LogP contribution in [0.25, 0.3) is 0 Å². The fourth-order valence-electron chi connectivity index (χ4n) is 2.60. The summed E-state index contributed by atoms with van der Waals surface area (Å²) in [7, 11) is 0. The van der Waals surface area contributed by atoms with Gasteiger partial charge in [0.05, 0.1) is 4.92 Å². The highest BCUT2D eigenvalue weighted by Crippen LogP contribution is 2.24. The number of nitro benzene ring substituents is 1. The number of aryl methyl sites for hydroxylation is 1. The summed E-state index contributed by atoms with van der Waals surface area (Å²) in [5.74, 6) is 0.797. The summed E-state index contributed by atoms with van der Waals surface area (Å²) < 4.78 is 0. The van der Waals surface area contributed by atoms with E-state index in [-0.39, 0.29) is 10.6 Å². The van der Waals surface area contributed by atoms with Crippen LogP contribution in [0.2, 0.25) is 0 Å². The summed E-state index contributed by atoms with van der Waals surface area (Å²) in [5.41, 5.74) is 1.93. The van der Waals surface area contributed by atoms with Gasteiger partial charge in [0.1, 0.15) is 0 Å². The third kappa shape index (κ3) is 3.29. The van der Waals surface area contributed by atoms with Crippen LogP contribution in [-0.2, 0) is 6.54 Å². The highest BCUT2D eigenvalue weighted by molar-refractivity contribution is 5.42. The van der Waals surface area contributed by atoms with E-state index in [0.717, 1.165) is 30.1 Å². The molecule has 4 heteroatoms. The number of hydrogen-bond donors (Lipinski definition) is 1. The van der Waals surface area contributed by atoms with Gasteiger partial charge in [-0.2, -0.15) is 0 Å². The average molecular weight is 248 g/mol. The first-order valence-electron chi connectivity index (χ1n) is 6.61. The molecule has 0 aromatic heterocycles. The molecular formula is C14H20N2O2. The van der Waals surface area contributed by atoms with E-state index in [2.05, 4.69) is 5.32 Å². The van der Waals surface area contributed by atoms with Gasteiger partial charge in [-0.05, 0) is 37.8 Å². The van der Waals surface area contributed by atoms with Crippen molar-refractivity contribution in [3.05, 3.63) is 39.4 Å². The van der Waals surface area contributed by atoms with Gasteiger partial charge >= 0.3 is 0 Å². The molecule has 0 heterocycles. The van der Waals surface area contributed by atoms with E-state index in [4.69, 9.17) is 0 Å². The third-order valence-corrected chi connectivity index (χ3v) is 3.71. The van der Waals surface area contributed by atoms with Crippen molar-refractivity contribution in [1.82, 2.24) is 5.32 Å². The Labute approximate surface area is 108 Å². The van der Waals surface area contributed by atoms with E-state index < -0.39 is 0 Å². The second kappa shape index (κ2) is 5.96. The van der Waals surface area contributed by atoms with E-state index in [1.807, 2.05) is 12.1 Å². The second-order valence-corrected chi connectivity index (χ2v) is 5.16. The molecule has 1 saturated carbocycles. The predicted octanol–water partition coefficient (Wildman–Crippen LogP) is 3.18. The summed E-state index contributed by atoms with van der Waals surface area (Å²) >= 11 is 0. The molecule has 1 aliphatic rings. The Morgan fingerprint density at radius 3 is 2.78 bits per heavy atom. The molecule has 0 bridgehead atoms. The molecule has 2 rings (SSSR count). The molecule has 0 radical (unpaired) electrons. The molecule has 0 atom stereocenters. The molecule has 0 saturated heterocycles. The first-order valence-corrected chi connectivity index (χ1v) is 6.61. The number of benzene rings is 1. The van der Waals surface area contributed by atoms with Crippen LogP contribution < -0.4 is 5.32 Å². The van der Waals surface area contributed by atoms with Crippen molar-refractivity contribution >= 4 is 5.69 Å². The second-order valence-electron chi connectivity index (χ2n) is 5.16. The minimum atomic E-state index is -0.310. The van der Waals surface area contributed by atoms with Crippen LogP contribution in [0.4, 0.5) is 5.69 Å². The van der Waals surface area contributed by atoms with Crippen molar-refractivity contribution in [2.45, 2.75) is 39.2 Å². The summed E-state index contributed by atoms with van der Waals surface area (Å²) in [6, 6.07) is 5.46.